The van der Waals surface area contributed by atoms with E-state index in [9.17, 15) is 4.79 Å². The number of hydrogen-bond donors (Lipinski definition) is 2. The lowest BCUT2D eigenvalue weighted by Crippen LogP contribution is -2.30. The van der Waals surface area contributed by atoms with Gasteiger partial charge in [0.05, 0.1) is 26.2 Å². The van der Waals surface area contributed by atoms with Crippen LogP contribution in [0, 0.1) is 5.92 Å². The number of nitrogens with two attached hydrogens (primary N) is 1. The molecule has 0 spiro atoms. The second-order valence-electron chi connectivity index (χ2n) is 3.12. The molecule has 0 saturated carbocycles. The molecule has 1 saturated heterocycles. The SMILES string of the molecule is NNC(=O)CCOCC1CCOC1. The highest BCUT2D eigenvalue weighted by Crippen LogP contribution is 2.12. The Kier molecular flexibility index (Phi) is 4.74. The number of amides is 1. The summed E-state index contributed by atoms with van der Waals surface area (Å²) in [5.74, 6) is 5.21. The van der Waals surface area contributed by atoms with Crippen LogP contribution in [-0.4, -0.2) is 32.3 Å². The lowest BCUT2D eigenvalue weighted by molar-refractivity contribution is -0.122. The van der Waals surface area contributed by atoms with Crippen LogP contribution in [0.2, 0.25) is 0 Å². The first-order valence-corrected chi connectivity index (χ1v) is 4.48. The Morgan fingerprint density at radius 1 is 1.69 bits per heavy atom. The van der Waals surface area contributed by atoms with Crippen LogP contribution in [0.25, 0.3) is 0 Å². The smallest absolute Gasteiger partial charge is 0.236 e. The van der Waals surface area contributed by atoms with Crippen molar-refractivity contribution in [3.63, 3.8) is 0 Å². The minimum absolute atomic E-state index is 0.192. The zero-order valence-electron chi connectivity index (χ0n) is 7.62. The third-order valence-electron chi connectivity index (χ3n) is 2.01. The van der Waals surface area contributed by atoms with Gasteiger partial charge in [-0.2, -0.15) is 0 Å². The van der Waals surface area contributed by atoms with Gasteiger partial charge in [0.15, 0.2) is 0 Å². The number of hydrazine groups is 1. The second-order valence-corrected chi connectivity index (χ2v) is 3.12. The van der Waals surface area contributed by atoms with Crippen LogP contribution >= 0.6 is 0 Å². The number of ether oxygens (including phenoxy) is 2. The summed E-state index contributed by atoms with van der Waals surface area (Å²) in [6.45, 7) is 2.72. The lowest BCUT2D eigenvalue weighted by atomic mass is 10.1. The molecule has 1 heterocycles. The van der Waals surface area contributed by atoms with E-state index in [0.717, 1.165) is 19.6 Å². The van der Waals surface area contributed by atoms with Crippen LogP contribution in [0.1, 0.15) is 12.8 Å². The molecule has 0 bridgehead atoms. The van der Waals surface area contributed by atoms with Crippen LogP contribution in [-0.2, 0) is 14.3 Å². The summed E-state index contributed by atoms with van der Waals surface area (Å²) in [4.78, 5) is 10.7. The molecule has 1 aliphatic heterocycles. The minimum Gasteiger partial charge on any atom is -0.381 e. The Morgan fingerprint density at radius 2 is 2.54 bits per heavy atom. The Balaban J connectivity index is 1.91. The van der Waals surface area contributed by atoms with Gasteiger partial charge in [-0.15, -0.1) is 0 Å². The average Bonchev–Trinajstić information content (AvgIpc) is 2.64. The Bertz CT molecular complexity index is 157. The van der Waals surface area contributed by atoms with Crippen LogP contribution in [0.4, 0.5) is 0 Å². The van der Waals surface area contributed by atoms with E-state index < -0.39 is 0 Å². The predicted molar refractivity (Wildman–Crippen MR) is 46.7 cm³/mol. The van der Waals surface area contributed by atoms with Gasteiger partial charge >= 0.3 is 0 Å². The number of nitrogens with one attached hydrogen (secondary N) is 1. The molecule has 1 rings (SSSR count). The molecule has 3 N–H and O–H groups in total. The number of rotatable bonds is 5. The Hall–Kier alpha value is -0.650. The first kappa shape index (κ1) is 10.4. The van der Waals surface area contributed by atoms with Crippen molar-refractivity contribution >= 4 is 5.91 Å². The van der Waals surface area contributed by atoms with Crippen molar-refractivity contribution in [1.29, 1.82) is 0 Å². The molecule has 5 nitrogen and oxygen atoms in total. The monoisotopic (exact) mass is 188 g/mol. The highest BCUT2D eigenvalue weighted by atomic mass is 16.5. The number of carbonyl (C=O) groups is 1. The highest BCUT2D eigenvalue weighted by molar-refractivity contribution is 5.75. The zero-order chi connectivity index (χ0) is 9.52. The van der Waals surface area contributed by atoms with Crippen LogP contribution in [0.15, 0.2) is 0 Å². The molecule has 13 heavy (non-hydrogen) atoms. The molecule has 1 unspecified atom stereocenters. The molecule has 1 atom stereocenters. The van der Waals surface area contributed by atoms with Gasteiger partial charge in [0.2, 0.25) is 5.91 Å². The number of hydrogen-bond acceptors (Lipinski definition) is 4. The van der Waals surface area contributed by atoms with E-state index in [1.165, 1.54) is 0 Å². The quantitative estimate of drug-likeness (QED) is 0.262. The summed E-state index contributed by atoms with van der Waals surface area (Å²) in [6, 6.07) is 0. The van der Waals surface area contributed by atoms with E-state index in [1.807, 2.05) is 5.43 Å². The lowest BCUT2D eigenvalue weighted by Gasteiger charge is -2.07. The highest BCUT2D eigenvalue weighted by Gasteiger charge is 2.15. The minimum atomic E-state index is -0.192. The summed E-state index contributed by atoms with van der Waals surface area (Å²) < 4.78 is 10.5. The van der Waals surface area contributed by atoms with Crippen molar-refractivity contribution in [2.45, 2.75) is 12.8 Å². The summed E-state index contributed by atoms with van der Waals surface area (Å²) >= 11 is 0. The Morgan fingerprint density at radius 3 is 3.15 bits per heavy atom. The first-order valence-electron chi connectivity index (χ1n) is 4.48. The standard InChI is InChI=1S/C8H16N2O3/c9-10-8(11)2-4-13-6-7-1-3-12-5-7/h7H,1-6,9H2,(H,10,11). The van der Waals surface area contributed by atoms with Gasteiger partial charge in [0.25, 0.3) is 0 Å². The fraction of sp³-hybridized carbons (Fsp3) is 0.875. The summed E-state index contributed by atoms with van der Waals surface area (Å²) in [5, 5.41) is 0. The molecule has 0 aliphatic carbocycles. The molecule has 1 fully saturated rings. The van der Waals surface area contributed by atoms with Crippen molar-refractivity contribution in [2.24, 2.45) is 11.8 Å². The van der Waals surface area contributed by atoms with Crippen molar-refractivity contribution < 1.29 is 14.3 Å². The van der Waals surface area contributed by atoms with Gasteiger partial charge in [-0.25, -0.2) is 5.84 Å². The van der Waals surface area contributed by atoms with Gasteiger partial charge < -0.3 is 9.47 Å². The number of carbonyl (C=O) groups excluding carboxylic acids is 1. The topological polar surface area (TPSA) is 73.6 Å². The zero-order valence-corrected chi connectivity index (χ0v) is 7.62. The van der Waals surface area contributed by atoms with Gasteiger partial charge in [-0.3, -0.25) is 10.2 Å². The van der Waals surface area contributed by atoms with E-state index in [2.05, 4.69) is 0 Å². The predicted octanol–water partition coefficient (Wildman–Crippen LogP) is -0.581. The fourth-order valence-electron chi connectivity index (χ4n) is 1.20. The maximum atomic E-state index is 10.7. The van der Waals surface area contributed by atoms with E-state index in [0.29, 0.717) is 25.6 Å². The fourth-order valence-corrected chi connectivity index (χ4v) is 1.20. The van der Waals surface area contributed by atoms with Gasteiger partial charge in [-0.05, 0) is 6.42 Å². The van der Waals surface area contributed by atoms with Crippen LogP contribution < -0.4 is 11.3 Å². The maximum Gasteiger partial charge on any atom is 0.236 e. The van der Waals surface area contributed by atoms with E-state index in [1.54, 1.807) is 0 Å². The summed E-state index contributed by atoms with van der Waals surface area (Å²) in [6.07, 6.45) is 1.38. The Labute approximate surface area is 77.5 Å². The van der Waals surface area contributed by atoms with E-state index in [4.69, 9.17) is 15.3 Å². The van der Waals surface area contributed by atoms with E-state index >= 15 is 0 Å². The van der Waals surface area contributed by atoms with Gasteiger partial charge in [0.1, 0.15) is 0 Å². The molecule has 0 radical (unpaired) electrons. The van der Waals surface area contributed by atoms with Crippen LogP contribution in [0.5, 0.6) is 0 Å². The molecule has 0 aromatic rings. The molecule has 0 aromatic heterocycles. The molecular formula is C8H16N2O3. The van der Waals surface area contributed by atoms with Crippen LogP contribution in [0.3, 0.4) is 0 Å². The molecule has 1 aliphatic rings. The van der Waals surface area contributed by atoms with Gasteiger partial charge in [-0.1, -0.05) is 0 Å². The molecule has 5 heteroatoms. The molecule has 76 valence electrons. The maximum absolute atomic E-state index is 10.7. The molecule has 0 aromatic carbocycles. The summed E-state index contributed by atoms with van der Waals surface area (Å²) in [5.41, 5.74) is 2.05. The summed E-state index contributed by atoms with van der Waals surface area (Å²) in [7, 11) is 0. The second kappa shape index (κ2) is 5.90. The van der Waals surface area contributed by atoms with Gasteiger partial charge in [0, 0.05) is 12.5 Å². The molecule has 1 amide bonds. The van der Waals surface area contributed by atoms with Crippen molar-refractivity contribution in [3.8, 4) is 0 Å². The van der Waals surface area contributed by atoms with Crippen molar-refractivity contribution in [3.05, 3.63) is 0 Å². The largest absolute Gasteiger partial charge is 0.381 e. The average molecular weight is 188 g/mol. The third-order valence-corrected chi connectivity index (χ3v) is 2.01. The van der Waals surface area contributed by atoms with Crippen molar-refractivity contribution in [2.75, 3.05) is 26.4 Å². The molecular weight excluding hydrogens is 172 g/mol. The van der Waals surface area contributed by atoms with Crippen molar-refractivity contribution in [1.82, 2.24) is 5.43 Å². The third kappa shape index (κ3) is 4.21. The van der Waals surface area contributed by atoms with E-state index in [-0.39, 0.29) is 5.91 Å². The first-order chi connectivity index (χ1) is 6.33. The normalized spacial score (nSPS) is 21.8.